The van der Waals surface area contributed by atoms with E-state index in [1.807, 2.05) is 24.3 Å². The van der Waals surface area contributed by atoms with Gasteiger partial charge in [0, 0.05) is 11.6 Å². The highest BCUT2D eigenvalue weighted by Crippen LogP contribution is 2.09. The van der Waals surface area contributed by atoms with Gasteiger partial charge in [0.15, 0.2) is 0 Å². The molecule has 0 amide bonds. The number of ether oxygens (including phenoxy) is 1. The van der Waals surface area contributed by atoms with E-state index in [0.717, 1.165) is 5.56 Å². The molecule has 0 unspecified atom stereocenters. The Morgan fingerprint density at radius 3 is 2.62 bits per heavy atom. The van der Waals surface area contributed by atoms with E-state index in [9.17, 15) is 4.79 Å². The quantitative estimate of drug-likeness (QED) is 0.805. The maximum Gasteiger partial charge on any atom is 0.322 e. The van der Waals surface area contributed by atoms with Gasteiger partial charge in [-0.05, 0) is 31.5 Å². The summed E-state index contributed by atoms with van der Waals surface area (Å²) in [6.45, 7) is 4.61. The summed E-state index contributed by atoms with van der Waals surface area (Å²) in [4.78, 5) is 11.3. The molecule has 0 bridgehead atoms. The fraction of sp³-hybridized carbons (Fsp3) is 0.417. The molecule has 1 N–H and O–H groups in total. The van der Waals surface area contributed by atoms with Crippen molar-refractivity contribution in [2.45, 2.75) is 26.4 Å². The highest BCUT2D eigenvalue weighted by molar-refractivity contribution is 6.30. The van der Waals surface area contributed by atoms with Crippen molar-refractivity contribution in [3.05, 3.63) is 34.9 Å². The molecule has 1 aromatic carbocycles. The van der Waals surface area contributed by atoms with Crippen molar-refractivity contribution < 1.29 is 9.53 Å². The molecule has 16 heavy (non-hydrogen) atoms. The lowest BCUT2D eigenvalue weighted by molar-refractivity contribution is -0.145. The van der Waals surface area contributed by atoms with Crippen LogP contribution in [0.5, 0.6) is 0 Å². The number of hydrogen-bond acceptors (Lipinski definition) is 3. The lowest BCUT2D eigenvalue weighted by Gasteiger charge is -2.12. The molecular weight excluding hydrogens is 226 g/mol. The molecule has 0 aliphatic carbocycles. The minimum absolute atomic E-state index is 0.225. The predicted molar refractivity (Wildman–Crippen MR) is 64.4 cm³/mol. The van der Waals surface area contributed by atoms with Gasteiger partial charge in [-0.1, -0.05) is 23.7 Å². The van der Waals surface area contributed by atoms with Crippen LogP contribution in [-0.2, 0) is 16.1 Å². The Hall–Kier alpha value is -1.06. The highest BCUT2D eigenvalue weighted by atomic mass is 35.5. The SMILES string of the molecule is CCOC(=O)[C@H](C)NCc1ccc(Cl)cc1. The maximum atomic E-state index is 11.3. The van der Waals surface area contributed by atoms with E-state index in [-0.39, 0.29) is 12.0 Å². The average molecular weight is 242 g/mol. The van der Waals surface area contributed by atoms with Crippen LogP contribution >= 0.6 is 11.6 Å². The van der Waals surface area contributed by atoms with Gasteiger partial charge in [-0.25, -0.2) is 0 Å². The molecular formula is C12H16ClNO2. The summed E-state index contributed by atoms with van der Waals surface area (Å²) in [5, 5.41) is 3.80. The monoisotopic (exact) mass is 241 g/mol. The molecule has 0 aliphatic heterocycles. The maximum absolute atomic E-state index is 11.3. The summed E-state index contributed by atoms with van der Waals surface area (Å²) < 4.78 is 4.89. The van der Waals surface area contributed by atoms with Crippen molar-refractivity contribution in [3.8, 4) is 0 Å². The zero-order valence-corrected chi connectivity index (χ0v) is 10.3. The Morgan fingerprint density at radius 1 is 1.44 bits per heavy atom. The van der Waals surface area contributed by atoms with Crippen molar-refractivity contribution in [2.75, 3.05) is 6.61 Å². The second-order valence-corrected chi connectivity index (χ2v) is 3.92. The van der Waals surface area contributed by atoms with E-state index < -0.39 is 0 Å². The van der Waals surface area contributed by atoms with Gasteiger partial charge in [0.05, 0.1) is 6.61 Å². The van der Waals surface area contributed by atoms with E-state index in [1.165, 1.54) is 0 Å². The van der Waals surface area contributed by atoms with E-state index in [2.05, 4.69) is 5.32 Å². The third-order valence-electron chi connectivity index (χ3n) is 2.17. The Balaban J connectivity index is 2.39. The molecule has 0 saturated carbocycles. The Bertz CT molecular complexity index is 337. The van der Waals surface area contributed by atoms with Crippen LogP contribution < -0.4 is 5.32 Å². The largest absolute Gasteiger partial charge is 0.465 e. The first-order chi connectivity index (χ1) is 7.63. The molecule has 0 saturated heterocycles. The van der Waals surface area contributed by atoms with Crippen LogP contribution in [0.25, 0.3) is 0 Å². The van der Waals surface area contributed by atoms with E-state index >= 15 is 0 Å². The fourth-order valence-corrected chi connectivity index (χ4v) is 1.35. The zero-order valence-electron chi connectivity index (χ0n) is 9.50. The highest BCUT2D eigenvalue weighted by Gasteiger charge is 2.12. The van der Waals surface area contributed by atoms with Crippen molar-refractivity contribution >= 4 is 17.6 Å². The van der Waals surface area contributed by atoms with Crippen LogP contribution in [-0.4, -0.2) is 18.6 Å². The lowest BCUT2D eigenvalue weighted by Crippen LogP contribution is -2.34. The van der Waals surface area contributed by atoms with Gasteiger partial charge in [0.1, 0.15) is 6.04 Å². The van der Waals surface area contributed by atoms with Crippen molar-refractivity contribution in [1.82, 2.24) is 5.32 Å². The summed E-state index contributed by atoms with van der Waals surface area (Å²) in [7, 11) is 0. The van der Waals surface area contributed by atoms with Crippen LogP contribution in [0, 0.1) is 0 Å². The van der Waals surface area contributed by atoms with Gasteiger partial charge in [-0.15, -0.1) is 0 Å². The summed E-state index contributed by atoms with van der Waals surface area (Å²) in [6.07, 6.45) is 0. The molecule has 0 aliphatic rings. The van der Waals surface area contributed by atoms with Gasteiger partial charge < -0.3 is 10.1 Å². The molecule has 88 valence electrons. The van der Waals surface area contributed by atoms with Crippen LogP contribution in [0.4, 0.5) is 0 Å². The number of carbonyl (C=O) groups excluding carboxylic acids is 1. The zero-order chi connectivity index (χ0) is 12.0. The lowest BCUT2D eigenvalue weighted by atomic mass is 10.2. The van der Waals surface area contributed by atoms with E-state index in [4.69, 9.17) is 16.3 Å². The van der Waals surface area contributed by atoms with E-state index in [1.54, 1.807) is 13.8 Å². The minimum atomic E-state index is -0.296. The topological polar surface area (TPSA) is 38.3 Å². The van der Waals surface area contributed by atoms with E-state index in [0.29, 0.717) is 18.2 Å². The first-order valence-electron chi connectivity index (χ1n) is 5.28. The molecule has 0 aromatic heterocycles. The van der Waals surface area contributed by atoms with Crippen LogP contribution in [0.3, 0.4) is 0 Å². The molecule has 0 fully saturated rings. The van der Waals surface area contributed by atoms with Gasteiger partial charge in [0.2, 0.25) is 0 Å². The van der Waals surface area contributed by atoms with Crippen molar-refractivity contribution in [3.63, 3.8) is 0 Å². The number of nitrogens with one attached hydrogen (secondary N) is 1. The molecule has 3 nitrogen and oxygen atoms in total. The summed E-state index contributed by atoms with van der Waals surface area (Å²) >= 11 is 5.77. The normalized spacial score (nSPS) is 12.2. The molecule has 1 aromatic rings. The minimum Gasteiger partial charge on any atom is -0.465 e. The van der Waals surface area contributed by atoms with Crippen LogP contribution in [0.15, 0.2) is 24.3 Å². The fourth-order valence-electron chi connectivity index (χ4n) is 1.22. The standard InChI is InChI=1S/C12H16ClNO2/c1-3-16-12(15)9(2)14-8-10-4-6-11(13)7-5-10/h4-7,9,14H,3,8H2,1-2H3/t9-/m0/s1. The van der Waals surface area contributed by atoms with Crippen LogP contribution in [0.2, 0.25) is 5.02 Å². The summed E-state index contributed by atoms with van der Waals surface area (Å²) in [5.74, 6) is -0.225. The number of halogens is 1. The number of carbonyl (C=O) groups is 1. The molecule has 0 heterocycles. The number of benzene rings is 1. The van der Waals surface area contributed by atoms with Gasteiger partial charge in [-0.2, -0.15) is 0 Å². The molecule has 4 heteroatoms. The predicted octanol–water partition coefficient (Wildman–Crippen LogP) is 2.38. The third kappa shape index (κ3) is 4.21. The first kappa shape index (κ1) is 13.0. The molecule has 1 atom stereocenters. The van der Waals surface area contributed by atoms with Crippen molar-refractivity contribution in [1.29, 1.82) is 0 Å². The smallest absolute Gasteiger partial charge is 0.322 e. The first-order valence-corrected chi connectivity index (χ1v) is 5.65. The molecule has 0 spiro atoms. The average Bonchev–Trinajstić information content (AvgIpc) is 2.28. The number of rotatable bonds is 5. The Kier molecular flexibility index (Phi) is 5.29. The number of esters is 1. The Morgan fingerprint density at radius 2 is 2.06 bits per heavy atom. The number of hydrogen-bond donors (Lipinski definition) is 1. The van der Waals surface area contributed by atoms with Gasteiger partial charge in [0.25, 0.3) is 0 Å². The van der Waals surface area contributed by atoms with Crippen LogP contribution in [0.1, 0.15) is 19.4 Å². The van der Waals surface area contributed by atoms with Gasteiger partial charge >= 0.3 is 5.97 Å². The Labute approximate surface area is 101 Å². The second-order valence-electron chi connectivity index (χ2n) is 3.48. The summed E-state index contributed by atoms with van der Waals surface area (Å²) in [5.41, 5.74) is 1.08. The van der Waals surface area contributed by atoms with Gasteiger partial charge in [-0.3, -0.25) is 4.79 Å². The van der Waals surface area contributed by atoms with Crippen molar-refractivity contribution in [2.24, 2.45) is 0 Å². The third-order valence-corrected chi connectivity index (χ3v) is 2.42. The summed E-state index contributed by atoms with van der Waals surface area (Å²) in [6, 6.07) is 7.21. The second kappa shape index (κ2) is 6.51. The molecule has 0 radical (unpaired) electrons. The molecule has 1 rings (SSSR count).